The molecule has 11 heavy (non-hydrogen) atoms. The first kappa shape index (κ1) is 10.4. The van der Waals surface area contributed by atoms with Gasteiger partial charge in [0.25, 0.3) is 0 Å². The Bertz CT molecular complexity index is 159. The van der Waals surface area contributed by atoms with Crippen LogP contribution in [0.25, 0.3) is 0 Å². The predicted molar refractivity (Wildman–Crippen MR) is 45.5 cm³/mol. The summed E-state index contributed by atoms with van der Waals surface area (Å²) in [6, 6.07) is 0. The molecule has 0 saturated carbocycles. The van der Waals surface area contributed by atoms with Crippen LogP contribution < -0.4 is 0 Å². The fourth-order valence-corrected chi connectivity index (χ4v) is 0.855. The molecule has 64 valence electrons. The molecule has 0 bridgehead atoms. The summed E-state index contributed by atoms with van der Waals surface area (Å²) in [6.07, 6.45) is 1.94. The normalized spacial score (nSPS) is 14.7. The number of hydrogen-bond acceptors (Lipinski definition) is 2. The van der Waals surface area contributed by atoms with Crippen molar-refractivity contribution >= 4 is 5.78 Å². The van der Waals surface area contributed by atoms with Crippen molar-refractivity contribution in [3.05, 3.63) is 11.6 Å². The molecule has 0 heterocycles. The lowest BCUT2D eigenvalue weighted by molar-refractivity contribution is -0.113. The average Bonchev–Trinajstić information content (AvgIpc) is 1.87. The molecule has 0 fully saturated rings. The van der Waals surface area contributed by atoms with E-state index in [4.69, 9.17) is 4.74 Å². The molecule has 0 aliphatic carbocycles. The number of rotatable bonds is 4. The zero-order valence-electron chi connectivity index (χ0n) is 7.68. The van der Waals surface area contributed by atoms with Crippen LogP contribution in [0.3, 0.4) is 0 Å². The summed E-state index contributed by atoms with van der Waals surface area (Å²) in [5.41, 5.74) is 0.814. The van der Waals surface area contributed by atoms with Gasteiger partial charge in [0, 0.05) is 7.11 Å². The second-order valence-electron chi connectivity index (χ2n) is 2.84. The number of methoxy groups -OCH3 is 1. The van der Waals surface area contributed by atoms with Gasteiger partial charge < -0.3 is 4.74 Å². The summed E-state index contributed by atoms with van der Waals surface area (Å²) >= 11 is 0. The van der Waals surface area contributed by atoms with E-state index in [0.29, 0.717) is 12.5 Å². The van der Waals surface area contributed by atoms with Gasteiger partial charge in [0.2, 0.25) is 0 Å². The molecule has 0 N–H and O–H groups in total. The van der Waals surface area contributed by atoms with Crippen molar-refractivity contribution in [3.63, 3.8) is 0 Å². The van der Waals surface area contributed by atoms with Crippen LogP contribution in [0.4, 0.5) is 0 Å². The van der Waals surface area contributed by atoms with Gasteiger partial charge in [0.1, 0.15) is 0 Å². The van der Waals surface area contributed by atoms with E-state index in [1.807, 2.05) is 19.9 Å². The summed E-state index contributed by atoms with van der Waals surface area (Å²) in [4.78, 5) is 10.8. The summed E-state index contributed by atoms with van der Waals surface area (Å²) in [5.74, 6) is 0.455. The van der Waals surface area contributed by atoms with Crippen LogP contribution in [0.2, 0.25) is 0 Å². The van der Waals surface area contributed by atoms with Crippen molar-refractivity contribution in [1.82, 2.24) is 0 Å². The Labute approximate surface area is 68.2 Å². The third-order valence-corrected chi connectivity index (χ3v) is 1.52. The minimum absolute atomic E-state index is 0.132. The summed E-state index contributed by atoms with van der Waals surface area (Å²) in [6.45, 7) is 6.10. The lowest BCUT2D eigenvalue weighted by Gasteiger charge is -2.04. The van der Waals surface area contributed by atoms with Crippen molar-refractivity contribution in [2.45, 2.75) is 20.8 Å². The molecule has 2 nitrogen and oxygen atoms in total. The minimum atomic E-state index is 0.132. The Morgan fingerprint density at radius 2 is 2.09 bits per heavy atom. The third kappa shape index (κ3) is 4.73. The van der Waals surface area contributed by atoms with Crippen LogP contribution in [0.1, 0.15) is 20.8 Å². The Hall–Kier alpha value is -0.630. The number of carbonyl (C=O) groups is 1. The Morgan fingerprint density at radius 1 is 1.55 bits per heavy atom. The molecule has 0 radical (unpaired) electrons. The van der Waals surface area contributed by atoms with Crippen LogP contribution >= 0.6 is 0 Å². The molecule has 1 atom stereocenters. The molecule has 0 saturated heterocycles. The molecular formula is C9H16O2. The zero-order valence-corrected chi connectivity index (χ0v) is 7.68. The van der Waals surface area contributed by atoms with Crippen molar-refractivity contribution in [3.8, 4) is 0 Å². The monoisotopic (exact) mass is 156 g/mol. The van der Waals surface area contributed by atoms with Crippen LogP contribution in [0.5, 0.6) is 0 Å². The van der Waals surface area contributed by atoms with E-state index in [0.717, 1.165) is 5.57 Å². The Morgan fingerprint density at radius 3 is 2.45 bits per heavy atom. The van der Waals surface area contributed by atoms with Gasteiger partial charge in [-0.15, -0.1) is 0 Å². The standard InChI is InChI=1S/C9H16O2/c1-7(6-11-4)5-8(2)9(3)10/h5,7H,6H2,1-4H3/b8-5-. The first-order valence-corrected chi connectivity index (χ1v) is 3.76. The number of Topliss-reactive ketones (excluding diaryl/α,β-unsaturated/α-hetero) is 1. The van der Waals surface area contributed by atoms with Gasteiger partial charge in [-0.2, -0.15) is 0 Å². The van der Waals surface area contributed by atoms with Crippen molar-refractivity contribution in [2.24, 2.45) is 5.92 Å². The highest BCUT2D eigenvalue weighted by molar-refractivity contribution is 5.92. The SMILES string of the molecule is COCC(C)/C=C(/C)C(C)=O. The maximum atomic E-state index is 10.8. The Balaban J connectivity index is 3.96. The topological polar surface area (TPSA) is 26.3 Å². The van der Waals surface area contributed by atoms with Gasteiger partial charge in [0.05, 0.1) is 6.61 Å². The molecule has 1 unspecified atom stereocenters. The van der Waals surface area contributed by atoms with E-state index < -0.39 is 0 Å². The second-order valence-corrected chi connectivity index (χ2v) is 2.84. The van der Waals surface area contributed by atoms with E-state index in [-0.39, 0.29) is 5.78 Å². The van der Waals surface area contributed by atoms with E-state index >= 15 is 0 Å². The van der Waals surface area contributed by atoms with Gasteiger partial charge in [-0.3, -0.25) is 4.79 Å². The molecule has 0 aliphatic rings. The molecule has 0 aromatic rings. The molecule has 0 spiro atoms. The van der Waals surface area contributed by atoms with Gasteiger partial charge in [-0.25, -0.2) is 0 Å². The predicted octanol–water partition coefficient (Wildman–Crippen LogP) is 1.80. The highest BCUT2D eigenvalue weighted by Gasteiger charge is 2.00. The summed E-state index contributed by atoms with van der Waals surface area (Å²) in [7, 11) is 1.66. The zero-order chi connectivity index (χ0) is 8.85. The first-order valence-electron chi connectivity index (χ1n) is 3.76. The molecule has 2 heteroatoms. The van der Waals surface area contributed by atoms with Crippen LogP contribution in [0, 0.1) is 5.92 Å². The lowest BCUT2D eigenvalue weighted by atomic mass is 10.1. The fourth-order valence-electron chi connectivity index (χ4n) is 0.855. The van der Waals surface area contributed by atoms with Gasteiger partial charge in [0.15, 0.2) is 5.78 Å². The summed E-state index contributed by atoms with van der Waals surface area (Å²) in [5, 5.41) is 0. The van der Waals surface area contributed by atoms with Crippen LogP contribution in [0.15, 0.2) is 11.6 Å². The van der Waals surface area contributed by atoms with E-state index in [1.54, 1.807) is 14.0 Å². The molecule has 0 aromatic carbocycles. The number of ketones is 1. The molecule has 0 aliphatic heterocycles. The third-order valence-electron chi connectivity index (χ3n) is 1.52. The maximum Gasteiger partial charge on any atom is 0.155 e. The van der Waals surface area contributed by atoms with Crippen molar-refractivity contribution in [1.29, 1.82) is 0 Å². The maximum absolute atomic E-state index is 10.8. The Kier molecular flexibility index (Phi) is 4.79. The van der Waals surface area contributed by atoms with Gasteiger partial charge in [-0.05, 0) is 25.3 Å². The molecule has 0 amide bonds. The van der Waals surface area contributed by atoms with E-state index in [2.05, 4.69) is 0 Å². The van der Waals surface area contributed by atoms with Crippen LogP contribution in [-0.4, -0.2) is 19.5 Å². The number of hydrogen-bond donors (Lipinski definition) is 0. The average molecular weight is 156 g/mol. The number of allylic oxidation sites excluding steroid dienone is 1. The quantitative estimate of drug-likeness (QED) is 0.580. The minimum Gasteiger partial charge on any atom is -0.384 e. The summed E-state index contributed by atoms with van der Waals surface area (Å²) < 4.78 is 4.93. The van der Waals surface area contributed by atoms with Gasteiger partial charge in [-0.1, -0.05) is 13.0 Å². The highest BCUT2D eigenvalue weighted by atomic mass is 16.5. The van der Waals surface area contributed by atoms with E-state index in [9.17, 15) is 4.79 Å². The van der Waals surface area contributed by atoms with Crippen molar-refractivity contribution in [2.75, 3.05) is 13.7 Å². The molecular weight excluding hydrogens is 140 g/mol. The van der Waals surface area contributed by atoms with Crippen molar-refractivity contribution < 1.29 is 9.53 Å². The van der Waals surface area contributed by atoms with Crippen LogP contribution in [-0.2, 0) is 9.53 Å². The fraction of sp³-hybridized carbons (Fsp3) is 0.667. The smallest absolute Gasteiger partial charge is 0.155 e. The van der Waals surface area contributed by atoms with E-state index in [1.165, 1.54) is 0 Å². The van der Waals surface area contributed by atoms with Gasteiger partial charge >= 0.3 is 0 Å². The molecule has 0 aromatic heterocycles. The first-order chi connectivity index (χ1) is 5.07. The molecule has 0 rings (SSSR count). The number of carbonyl (C=O) groups excluding carboxylic acids is 1. The highest BCUT2D eigenvalue weighted by Crippen LogP contribution is 2.03. The largest absolute Gasteiger partial charge is 0.384 e. The second kappa shape index (κ2) is 5.08. The number of ether oxygens (including phenoxy) is 1. The lowest BCUT2D eigenvalue weighted by Crippen LogP contribution is -2.02.